The maximum absolute atomic E-state index is 12.3. The minimum atomic E-state index is -3.78. The molecule has 0 amide bonds. The van der Waals surface area contributed by atoms with Crippen LogP contribution in [0, 0.1) is 0 Å². The van der Waals surface area contributed by atoms with Gasteiger partial charge in [0.15, 0.2) is 0 Å². The van der Waals surface area contributed by atoms with Gasteiger partial charge in [0.25, 0.3) is 0 Å². The Balaban J connectivity index is 1.81. The molecule has 8 heteroatoms. The minimum absolute atomic E-state index is 0.0163. The molecular weight excluding hydrogens is 389 g/mol. The largest absolute Gasteiger partial charge is 0.387 e. The molecule has 0 aliphatic rings. The van der Waals surface area contributed by atoms with E-state index >= 15 is 0 Å². The second-order valence-corrected chi connectivity index (χ2v) is 9.18. The number of benzene rings is 2. The highest BCUT2D eigenvalue weighted by Gasteiger charge is 2.21. The number of hydrogen-bond acceptors (Lipinski definition) is 4. The Hall–Kier alpha value is -1.15. The van der Waals surface area contributed by atoms with E-state index in [0.717, 1.165) is 22.1 Å². The van der Waals surface area contributed by atoms with Crippen molar-refractivity contribution in [3.63, 3.8) is 0 Å². The highest BCUT2D eigenvalue weighted by atomic mass is 35.5. The highest BCUT2D eigenvalue weighted by Crippen LogP contribution is 2.34. The van der Waals surface area contributed by atoms with Crippen molar-refractivity contribution in [2.24, 2.45) is 0 Å². The first-order valence-corrected chi connectivity index (χ1v) is 10.0. The number of sulfonamides is 1. The number of nitrogens with one attached hydrogen (secondary N) is 1. The average molecular weight is 402 g/mol. The molecule has 1 unspecified atom stereocenters. The quantitative estimate of drug-likeness (QED) is 0.672. The number of fused-ring (bicyclic) bond motifs is 1. The van der Waals surface area contributed by atoms with E-state index in [-0.39, 0.29) is 20.1 Å². The van der Waals surface area contributed by atoms with Crippen LogP contribution in [0.2, 0.25) is 9.36 Å². The predicted molar refractivity (Wildman–Crippen MR) is 98.4 cm³/mol. The summed E-state index contributed by atoms with van der Waals surface area (Å²) in [5.41, 5.74) is 0.665. The molecule has 2 N–H and O–H groups in total. The monoisotopic (exact) mass is 401 g/mol. The van der Waals surface area contributed by atoms with Gasteiger partial charge in [-0.25, -0.2) is 13.1 Å². The third-order valence-corrected chi connectivity index (χ3v) is 7.30. The normalized spacial score (nSPS) is 13.3. The van der Waals surface area contributed by atoms with Crippen molar-refractivity contribution in [3.8, 4) is 0 Å². The van der Waals surface area contributed by atoms with Gasteiger partial charge in [-0.2, -0.15) is 0 Å². The smallest absolute Gasteiger partial charge is 0.250 e. The molecule has 0 bridgehead atoms. The number of rotatable bonds is 5. The van der Waals surface area contributed by atoms with Crippen molar-refractivity contribution in [1.29, 1.82) is 0 Å². The number of aliphatic hydroxyl groups excluding tert-OH is 1. The Kier molecular flexibility index (Phi) is 5.15. The van der Waals surface area contributed by atoms with Gasteiger partial charge < -0.3 is 5.11 Å². The molecule has 1 aromatic heterocycles. The van der Waals surface area contributed by atoms with Gasteiger partial charge in [-0.15, -0.1) is 11.3 Å². The van der Waals surface area contributed by atoms with Crippen LogP contribution in [-0.4, -0.2) is 20.1 Å². The Bertz CT molecular complexity index is 961. The summed E-state index contributed by atoms with van der Waals surface area (Å²) in [5.74, 6) is 0. The summed E-state index contributed by atoms with van der Waals surface area (Å²) < 4.78 is 27.2. The molecule has 0 aliphatic heterocycles. The highest BCUT2D eigenvalue weighted by molar-refractivity contribution is 7.91. The lowest BCUT2D eigenvalue weighted by atomic mass is 10.0. The van der Waals surface area contributed by atoms with Crippen LogP contribution in [0.15, 0.2) is 52.7 Å². The van der Waals surface area contributed by atoms with Gasteiger partial charge in [0.2, 0.25) is 10.0 Å². The third-order valence-electron chi connectivity index (χ3n) is 3.54. The summed E-state index contributed by atoms with van der Waals surface area (Å²) in [6.07, 6.45) is -0.975. The summed E-state index contributed by atoms with van der Waals surface area (Å²) in [7, 11) is -3.78. The lowest BCUT2D eigenvalue weighted by molar-refractivity contribution is 0.183. The molecule has 0 fully saturated rings. The molecule has 2 aromatic carbocycles. The molecule has 0 saturated carbocycles. The van der Waals surface area contributed by atoms with Crippen LogP contribution < -0.4 is 4.72 Å². The van der Waals surface area contributed by atoms with Crippen LogP contribution >= 0.6 is 34.5 Å². The molecule has 126 valence electrons. The van der Waals surface area contributed by atoms with Crippen molar-refractivity contribution in [2.75, 3.05) is 6.54 Å². The first-order chi connectivity index (χ1) is 11.4. The van der Waals surface area contributed by atoms with E-state index in [1.165, 1.54) is 6.07 Å². The Morgan fingerprint density at radius 2 is 1.83 bits per heavy atom. The number of thiophene rings is 1. The maximum Gasteiger partial charge on any atom is 0.250 e. The molecular formula is C16H13Cl2NO3S2. The summed E-state index contributed by atoms with van der Waals surface area (Å²) in [5, 5.41) is 12.5. The molecule has 0 saturated heterocycles. The Morgan fingerprint density at radius 1 is 1.12 bits per heavy atom. The van der Waals surface area contributed by atoms with Crippen molar-refractivity contribution in [3.05, 3.63) is 63.5 Å². The first kappa shape index (κ1) is 17.7. The summed E-state index contributed by atoms with van der Waals surface area (Å²) in [4.78, 5) is 0. The molecule has 24 heavy (non-hydrogen) atoms. The molecule has 4 nitrogen and oxygen atoms in total. The minimum Gasteiger partial charge on any atom is -0.387 e. The first-order valence-electron chi connectivity index (χ1n) is 6.99. The van der Waals surface area contributed by atoms with Crippen LogP contribution in [0.5, 0.6) is 0 Å². The molecule has 0 spiro atoms. The van der Waals surface area contributed by atoms with Gasteiger partial charge in [-0.1, -0.05) is 65.7 Å². The molecule has 3 aromatic rings. The van der Waals surface area contributed by atoms with Crippen LogP contribution in [-0.2, 0) is 10.0 Å². The van der Waals surface area contributed by atoms with E-state index in [1.807, 2.05) is 36.4 Å². The van der Waals surface area contributed by atoms with Crippen molar-refractivity contribution >= 4 is 55.3 Å². The topological polar surface area (TPSA) is 66.4 Å². The van der Waals surface area contributed by atoms with Gasteiger partial charge in [-0.3, -0.25) is 0 Å². The van der Waals surface area contributed by atoms with Gasteiger partial charge >= 0.3 is 0 Å². The standard InChI is InChI=1S/C16H13Cl2NO3S2/c17-13-8-15(23-16(13)18)24(21,22)19-9-14(20)12-7-3-5-10-4-1-2-6-11(10)12/h1-8,14,19-20H,9H2. The molecule has 1 atom stereocenters. The third kappa shape index (κ3) is 3.59. The van der Waals surface area contributed by atoms with Crippen molar-refractivity contribution < 1.29 is 13.5 Å². The number of hydrogen-bond donors (Lipinski definition) is 2. The second kappa shape index (κ2) is 7.00. The fourth-order valence-electron chi connectivity index (χ4n) is 2.37. The molecule has 1 heterocycles. The fraction of sp³-hybridized carbons (Fsp3) is 0.125. The lowest BCUT2D eigenvalue weighted by Gasteiger charge is -2.14. The maximum atomic E-state index is 12.3. The van der Waals surface area contributed by atoms with Crippen LogP contribution in [0.1, 0.15) is 11.7 Å². The molecule has 3 rings (SSSR count). The Labute approximate surface area is 153 Å². The molecule has 0 radical (unpaired) electrons. The number of halogens is 2. The zero-order chi connectivity index (χ0) is 17.3. The second-order valence-electron chi connectivity index (χ2n) is 5.12. The van der Waals surface area contributed by atoms with Crippen molar-refractivity contribution in [2.45, 2.75) is 10.3 Å². The predicted octanol–water partition coefficient (Wildman–Crippen LogP) is 4.22. The van der Waals surface area contributed by atoms with Crippen LogP contribution in [0.3, 0.4) is 0 Å². The van der Waals surface area contributed by atoms with E-state index < -0.39 is 16.1 Å². The van der Waals surface area contributed by atoms with Gasteiger partial charge in [0, 0.05) is 6.54 Å². The lowest BCUT2D eigenvalue weighted by Crippen LogP contribution is -2.28. The Morgan fingerprint density at radius 3 is 2.54 bits per heavy atom. The van der Waals surface area contributed by atoms with Gasteiger partial charge in [0.1, 0.15) is 8.55 Å². The zero-order valence-corrected chi connectivity index (χ0v) is 15.4. The van der Waals surface area contributed by atoms with E-state index in [9.17, 15) is 13.5 Å². The fourth-order valence-corrected chi connectivity index (χ4v) is 5.33. The average Bonchev–Trinajstić information content (AvgIpc) is 2.92. The van der Waals surface area contributed by atoms with E-state index in [2.05, 4.69) is 4.72 Å². The number of aliphatic hydroxyl groups is 1. The molecule has 0 aliphatic carbocycles. The zero-order valence-electron chi connectivity index (χ0n) is 12.2. The SMILES string of the molecule is O=S(=O)(NCC(O)c1cccc2ccccc12)c1cc(Cl)c(Cl)s1. The summed E-state index contributed by atoms with van der Waals surface area (Å²) >= 11 is 12.5. The van der Waals surface area contributed by atoms with E-state index in [4.69, 9.17) is 23.2 Å². The van der Waals surface area contributed by atoms with E-state index in [1.54, 1.807) is 6.07 Å². The van der Waals surface area contributed by atoms with Crippen LogP contribution in [0.4, 0.5) is 0 Å². The van der Waals surface area contributed by atoms with E-state index in [0.29, 0.717) is 5.56 Å². The van der Waals surface area contributed by atoms with Gasteiger partial charge in [0.05, 0.1) is 11.1 Å². The summed E-state index contributed by atoms with van der Waals surface area (Å²) in [6.45, 7) is -0.149. The van der Waals surface area contributed by atoms with Gasteiger partial charge in [-0.05, 0) is 22.4 Å². The van der Waals surface area contributed by atoms with Crippen molar-refractivity contribution in [1.82, 2.24) is 4.72 Å². The summed E-state index contributed by atoms with van der Waals surface area (Å²) in [6, 6.07) is 14.4. The van der Waals surface area contributed by atoms with Crippen LogP contribution in [0.25, 0.3) is 10.8 Å².